The van der Waals surface area contributed by atoms with Crippen molar-refractivity contribution in [1.29, 1.82) is 0 Å². The lowest BCUT2D eigenvalue weighted by atomic mass is 10.0. The van der Waals surface area contributed by atoms with Crippen LogP contribution < -0.4 is 10.9 Å². The smallest absolute Gasteiger partial charge is 0.263 e. The molecule has 0 radical (unpaired) electrons. The highest BCUT2D eigenvalue weighted by molar-refractivity contribution is 6.00. The van der Waals surface area contributed by atoms with Crippen molar-refractivity contribution in [2.75, 3.05) is 7.05 Å². The van der Waals surface area contributed by atoms with Crippen LogP contribution in [0.4, 0.5) is 0 Å². The molecule has 5 nitrogen and oxygen atoms in total. The molecule has 1 saturated carbocycles. The molecule has 26 heavy (non-hydrogen) atoms. The number of carbonyl (C=O) groups is 2. The van der Waals surface area contributed by atoms with Gasteiger partial charge in [0.25, 0.3) is 11.5 Å². The Hall–Kier alpha value is -2.69. The zero-order valence-corrected chi connectivity index (χ0v) is 15.4. The number of ketones is 1. The molecule has 2 aromatic rings. The third-order valence-electron chi connectivity index (χ3n) is 5.04. The van der Waals surface area contributed by atoms with Crippen molar-refractivity contribution < 1.29 is 9.59 Å². The van der Waals surface area contributed by atoms with E-state index in [0.717, 1.165) is 17.5 Å². The van der Waals surface area contributed by atoms with Crippen LogP contribution in [0.5, 0.6) is 0 Å². The monoisotopic (exact) mass is 352 g/mol. The van der Waals surface area contributed by atoms with Crippen LogP contribution in [0.2, 0.25) is 0 Å². The highest BCUT2D eigenvalue weighted by Crippen LogP contribution is 2.41. The molecule has 1 N–H and O–H groups in total. The van der Waals surface area contributed by atoms with Gasteiger partial charge in [-0.3, -0.25) is 14.4 Å². The van der Waals surface area contributed by atoms with Crippen LogP contribution in [0.25, 0.3) is 0 Å². The predicted molar refractivity (Wildman–Crippen MR) is 101 cm³/mol. The second kappa shape index (κ2) is 7.28. The first-order valence-corrected chi connectivity index (χ1v) is 8.94. The number of nitrogens with zero attached hydrogens (tertiary/aromatic N) is 1. The molecule has 1 aliphatic carbocycles. The van der Waals surface area contributed by atoms with Gasteiger partial charge < -0.3 is 9.88 Å². The standard InChI is InChI=1S/C21H24N2O3/c1-13-5-4-6-15(7-13)11-23-12-17(19(24)10-16-8-14(16)2)9-18(21(23)26)20(25)22-3/h4-7,9,12,14,16H,8,10-11H2,1-3H3,(H,22,25)/t14-,16+/m0/s1. The molecule has 0 unspecified atom stereocenters. The number of amides is 1. The van der Waals surface area contributed by atoms with Crippen LogP contribution in [0, 0.1) is 18.8 Å². The van der Waals surface area contributed by atoms with Gasteiger partial charge in [-0.1, -0.05) is 36.8 Å². The molecule has 1 fully saturated rings. The Morgan fingerprint density at radius 1 is 1.27 bits per heavy atom. The quantitative estimate of drug-likeness (QED) is 0.813. The molecule has 1 aliphatic rings. The topological polar surface area (TPSA) is 68.2 Å². The zero-order valence-electron chi connectivity index (χ0n) is 15.4. The molecular weight excluding hydrogens is 328 g/mol. The fraction of sp³-hybridized carbons (Fsp3) is 0.381. The third-order valence-corrected chi connectivity index (χ3v) is 5.04. The number of aryl methyl sites for hydroxylation is 1. The summed E-state index contributed by atoms with van der Waals surface area (Å²) in [4.78, 5) is 37.5. The molecule has 1 aromatic carbocycles. The van der Waals surface area contributed by atoms with Gasteiger partial charge >= 0.3 is 0 Å². The van der Waals surface area contributed by atoms with E-state index in [4.69, 9.17) is 0 Å². The number of hydrogen-bond donors (Lipinski definition) is 1. The Bertz CT molecular complexity index is 914. The van der Waals surface area contributed by atoms with Gasteiger partial charge in [-0.15, -0.1) is 0 Å². The second-order valence-electron chi connectivity index (χ2n) is 7.24. The summed E-state index contributed by atoms with van der Waals surface area (Å²) in [5, 5.41) is 2.49. The van der Waals surface area contributed by atoms with E-state index in [1.807, 2.05) is 31.2 Å². The third kappa shape index (κ3) is 3.93. The van der Waals surface area contributed by atoms with Gasteiger partial charge in [-0.05, 0) is 36.8 Å². The molecule has 0 saturated heterocycles. The molecule has 1 amide bonds. The number of nitrogens with one attached hydrogen (secondary N) is 1. The number of aromatic nitrogens is 1. The number of hydrogen-bond acceptors (Lipinski definition) is 3. The lowest BCUT2D eigenvalue weighted by Gasteiger charge is -2.12. The summed E-state index contributed by atoms with van der Waals surface area (Å²) in [7, 11) is 1.48. The van der Waals surface area contributed by atoms with Gasteiger partial charge in [0.2, 0.25) is 0 Å². The average molecular weight is 352 g/mol. The molecule has 1 heterocycles. The second-order valence-corrected chi connectivity index (χ2v) is 7.24. The van der Waals surface area contributed by atoms with Crippen LogP contribution in [0.1, 0.15) is 51.6 Å². The van der Waals surface area contributed by atoms with Crippen LogP contribution in [0.3, 0.4) is 0 Å². The van der Waals surface area contributed by atoms with Crippen molar-refractivity contribution in [2.45, 2.75) is 33.2 Å². The van der Waals surface area contributed by atoms with Crippen LogP contribution in [0.15, 0.2) is 41.3 Å². The van der Waals surface area contributed by atoms with Crippen LogP contribution in [-0.4, -0.2) is 23.3 Å². The summed E-state index contributed by atoms with van der Waals surface area (Å²) >= 11 is 0. The fourth-order valence-corrected chi connectivity index (χ4v) is 3.25. The minimum absolute atomic E-state index is 0.00912. The molecule has 3 rings (SSSR count). The highest BCUT2D eigenvalue weighted by atomic mass is 16.2. The Kier molecular flexibility index (Phi) is 5.07. The molecule has 5 heteroatoms. The van der Waals surface area contributed by atoms with Gasteiger partial charge in [0, 0.05) is 25.2 Å². The highest BCUT2D eigenvalue weighted by Gasteiger charge is 2.34. The summed E-state index contributed by atoms with van der Waals surface area (Å²) in [6.07, 6.45) is 3.13. The summed E-state index contributed by atoms with van der Waals surface area (Å²) in [5.74, 6) is 0.517. The summed E-state index contributed by atoms with van der Waals surface area (Å²) in [6.45, 7) is 4.44. The first-order valence-electron chi connectivity index (χ1n) is 8.94. The Balaban J connectivity index is 1.98. The summed E-state index contributed by atoms with van der Waals surface area (Å²) in [5.41, 5.74) is 2.10. The van der Waals surface area contributed by atoms with Gasteiger partial charge in [-0.2, -0.15) is 0 Å². The number of rotatable bonds is 6. The summed E-state index contributed by atoms with van der Waals surface area (Å²) < 4.78 is 1.46. The van der Waals surface area contributed by atoms with Gasteiger partial charge in [0.15, 0.2) is 5.78 Å². The molecule has 1 aromatic heterocycles. The number of benzene rings is 1. The molecule has 0 bridgehead atoms. The fourth-order valence-electron chi connectivity index (χ4n) is 3.25. The SMILES string of the molecule is CNC(=O)c1cc(C(=O)C[C@H]2C[C@@H]2C)cn(Cc2cccc(C)c2)c1=O. The van der Waals surface area contributed by atoms with Crippen molar-refractivity contribution in [2.24, 2.45) is 11.8 Å². The van der Waals surface area contributed by atoms with E-state index in [0.29, 0.717) is 30.4 Å². The zero-order chi connectivity index (χ0) is 18.8. The molecular formula is C21H24N2O3. The first kappa shape index (κ1) is 18.1. The maximum Gasteiger partial charge on any atom is 0.263 e. The van der Waals surface area contributed by atoms with E-state index in [1.54, 1.807) is 6.20 Å². The largest absolute Gasteiger partial charge is 0.355 e. The van der Waals surface area contributed by atoms with Gasteiger partial charge in [0.1, 0.15) is 5.56 Å². The maximum atomic E-state index is 12.7. The summed E-state index contributed by atoms with van der Waals surface area (Å²) in [6, 6.07) is 9.27. The van der Waals surface area contributed by atoms with Crippen molar-refractivity contribution in [3.8, 4) is 0 Å². The molecule has 136 valence electrons. The lowest BCUT2D eigenvalue weighted by Crippen LogP contribution is -2.32. The Morgan fingerprint density at radius 3 is 2.62 bits per heavy atom. The Morgan fingerprint density at radius 2 is 2.00 bits per heavy atom. The first-order chi connectivity index (χ1) is 12.4. The number of pyridine rings is 1. The normalized spacial score (nSPS) is 18.4. The van der Waals surface area contributed by atoms with E-state index in [-0.39, 0.29) is 16.9 Å². The molecule has 0 spiro atoms. The van der Waals surface area contributed by atoms with Gasteiger partial charge in [0.05, 0.1) is 6.54 Å². The maximum absolute atomic E-state index is 12.7. The van der Waals surface area contributed by atoms with Crippen LogP contribution in [-0.2, 0) is 6.54 Å². The van der Waals surface area contributed by atoms with E-state index in [2.05, 4.69) is 12.2 Å². The van der Waals surface area contributed by atoms with Crippen molar-refractivity contribution >= 4 is 11.7 Å². The van der Waals surface area contributed by atoms with Crippen molar-refractivity contribution in [3.63, 3.8) is 0 Å². The Labute approximate surface area is 153 Å². The lowest BCUT2D eigenvalue weighted by molar-refractivity contribution is 0.0961. The van der Waals surface area contributed by atoms with Crippen molar-refractivity contribution in [1.82, 2.24) is 9.88 Å². The molecule has 0 aliphatic heterocycles. The molecule has 2 atom stereocenters. The number of carbonyl (C=O) groups excluding carboxylic acids is 2. The minimum Gasteiger partial charge on any atom is -0.355 e. The predicted octanol–water partition coefficient (Wildman–Crippen LogP) is 2.79. The number of Topliss-reactive ketones (excluding diaryl/α,β-unsaturated/α-hetero) is 1. The average Bonchev–Trinajstić information content (AvgIpc) is 3.30. The van der Waals surface area contributed by atoms with Crippen molar-refractivity contribution in [3.05, 3.63) is 69.1 Å². The van der Waals surface area contributed by atoms with E-state index in [9.17, 15) is 14.4 Å². The minimum atomic E-state index is -0.470. The van der Waals surface area contributed by atoms with E-state index < -0.39 is 5.91 Å². The van der Waals surface area contributed by atoms with Gasteiger partial charge in [-0.25, -0.2) is 0 Å². The van der Waals surface area contributed by atoms with E-state index >= 15 is 0 Å². The van der Waals surface area contributed by atoms with E-state index in [1.165, 1.54) is 17.7 Å². The van der Waals surface area contributed by atoms with Crippen LogP contribution >= 0.6 is 0 Å².